The quantitative estimate of drug-likeness (QED) is 0.510. The second kappa shape index (κ2) is 10.8. The summed E-state index contributed by atoms with van der Waals surface area (Å²) in [5.41, 5.74) is 1.89. The molecule has 1 aromatic rings. The molecule has 2 amide bonds. The van der Waals surface area contributed by atoms with Gasteiger partial charge in [-0.05, 0) is 61.2 Å². The molecule has 1 atom stereocenters. The Morgan fingerprint density at radius 1 is 1.14 bits per heavy atom. The minimum atomic E-state index is -3.25. The van der Waals surface area contributed by atoms with Gasteiger partial charge in [0.15, 0.2) is 0 Å². The van der Waals surface area contributed by atoms with E-state index in [-0.39, 0.29) is 23.4 Å². The Kier molecular flexibility index (Phi) is 9.36. The summed E-state index contributed by atoms with van der Waals surface area (Å²) in [5, 5.41) is 2.72. The highest BCUT2D eigenvalue weighted by Crippen LogP contribution is 2.33. The molecule has 160 valence electrons. The monoisotopic (exact) mass is 414 g/mol. The topological polar surface area (TPSA) is 85.3 Å². The molecule has 1 unspecified atom stereocenters. The van der Waals surface area contributed by atoms with Gasteiger partial charge in [-0.3, -0.25) is 4.72 Å². The Morgan fingerprint density at radius 2 is 1.64 bits per heavy atom. The van der Waals surface area contributed by atoms with Gasteiger partial charge in [0, 0.05) is 5.69 Å². The molecule has 1 aromatic carbocycles. The molecule has 0 radical (unpaired) electrons. The summed E-state index contributed by atoms with van der Waals surface area (Å²) >= 11 is 0. The lowest BCUT2D eigenvalue weighted by atomic mass is 9.92. The number of carbonyl (C=O) groups is 1. The van der Waals surface area contributed by atoms with E-state index in [9.17, 15) is 13.4 Å². The van der Waals surface area contributed by atoms with Crippen LogP contribution in [0.25, 0.3) is 0 Å². The lowest BCUT2D eigenvalue weighted by molar-refractivity contribution is 0.256. The van der Waals surface area contributed by atoms with Crippen LogP contribution in [0.2, 0.25) is 0 Å². The summed E-state index contributed by atoms with van der Waals surface area (Å²) in [7, 11) is -3.25. The van der Waals surface area contributed by atoms with E-state index in [4.69, 9.17) is 4.78 Å². The maximum absolute atomic E-state index is 14.0. The first-order valence-corrected chi connectivity index (χ1v) is 11.6. The van der Waals surface area contributed by atoms with Crippen molar-refractivity contribution in [1.82, 2.24) is 9.62 Å². The highest BCUT2D eigenvalue weighted by atomic mass is 32.2. The third-order valence-corrected chi connectivity index (χ3v) is 6.08. The van der Waals surface area contributed by atoms with Gasteiger partial charge in [-0.2, -0.15) is 0 Å². The van der Waals surface area contributed by atoms with E-state index < -0.39 is 15.9 Å². The van der Waals surface area contributed by atoms with Crippen LogP contribution in [-0.2, 0) is 9.92 Å². The van der Waals surface area contributed by atoms with E-state index >= 15 is 0 Å². The number of carbonyl (C=O) groups excluding carboxylic acids is 1. The molecule has 0 heterocycles. The molecule has 0 aromatic heterocycles. The normalized spacial score (nSPS) is 13.8. The van der Waals surface area contributed by atoms with Crippen LogP contribution in [0.4, 0.5) is 14.9 Å². The summed E-state index contributed by atoms with van der Waals surface area (Å²) < 4.78 is 36.7. The van der Waals surface area contributed by atoms with E-state index in [1.165, 1.54) is 12.1 Å². The summed E-state index contributed by atoms with van der Waals surface area (Å²) in [6.45, 7) is 14.3. The van der Waals surface area contributed by atoms with Crippen LogP contribution in [0, 0.1) is 10.6 Å². The Bertz CT molecular complexity index is 730. The zero-order valence-electron chi connectivity index (χ0n) is 17.9. The largest absolute Gasteiger partial charge is 0.331 e. The van der Waals surface area contributed by atoms with Gasteiger partial charge in [0.2, 0.25) is 0 Å². The molecule has 8 heteroatoms. The van der Waals surface area contributed by atoms with Crippen molar-refractivity contribution >= 4 is 21.6 Å². The van der Waals surface area contributed by atoms with E-state index in [1.54, 1.807) is 0 Å². The van der Waals surface area contributed by atoms with Crippen LogP contribution in [-0.4, -0.2) is 40.5 Å². The predicted octanol–water partition coefficient (Wildman–Crippen LogP) is 4.89. The van der Waals surface area contributed by atoms with E-state index in [0.29, 0.717) is 23.2 Å². The Labute approximate surface area is 169 Å². The van der Waals surface area contributed by atoms with Gasteiger partial charge in [-0.15, -0.1) is 0 Å². The van der Waals surface area contributed by atoms with Crippen LogP contribution >= 0.6 is 0 Å². The first-order chi connectivity index (χ1) is 13.0. The van der Waals surface area contributed by atoms with Crippen molar-refractivity contribution in [3.05, 3.63) is 29.1 Å². The van der Waals surface area contributed by atoms with Crippen LogP contribution < -0.4 is 10.0 Å². The molecule has 0 fully saturated rings. The summed E-state index contributed by atoms with van der Waals surface area (Å²) in [6, 6.07) is 2.13. The summed E-state index contributed by atoms with van der Waals surface area (Å²) in [6.07, 6.45) is 0.565. The average Bonchev–Trinajstić information content (AvgIpc) is 2.58. The smallest absolute Gasteiger partial charge is 0.307 e. The molecule has 0 aliphatic carbocycles. The standard InChI is InChI=1S/C20H35FN4O2S/c1-7-25(8-2)10-9-11-28(22,27)24-20(26)23-19-17(14(3)4)12-16(21)13-18(19)15(5)6/h12-15H,7-11H2,1-6H3,(H3,22,23,24,26,27). The van der Waals surface area contributed by atoms with Crippen molar-refractivity contribution in [3.8, 4) is 0 Å². The Balaban J connectivity index is 2.90. The van der Waals surface area contributed by atoms with E-state index in [1.807, 2.05) is 27.7 Å². The Morgan fingerprint density at radius 3 is 2.07 bits per heavy atom. The predicted molar refractivity (Wildman–Crippen MR) is 115 cm³/mol. The SMILES string of the molecule is CCN(CC)CCCS(=N)(=O)NC(=O)Nc1c(C(C)C)cc(F)cc1C(C)C. The van der Waals surface area contributed by atoms with Crippen LogP contribution in [0.3, 0.4) is 0 Å². The van der Waals surface area contributed by atoms with Crippen molar-refractivity contribution < 1.29 is 13.4 Å². The zero-order valence-corrected chi connectivity index (χ0v) is 18.7. The molecule has 0 spiro atoms. The molecule has 0 saturated heterocycles. The summed E-state index contributed by atoms with van der Waals surface area (Å²) in [5.74, 6) is -0.260. The van der Waals surface area contributed by atoms with E-state index in [0.717, 1.165) is 19.6 Å². The minimum Gasteiger partial charge on any atom is -0.307 e. The molecule has 0 aliphatic heterocycles. The molecule has 0 aliphatic rings. The number of hydrogen-bond donors (Lipinski definition) is 3. The fraction of sp³-hybridized carbons (Fsp3) is 0.650. The molecule has 0 bridgehead atoms. The Hall–Kier alpha value is -1.67. The molecular formula is C20H35FN4O2S. The number of nitrogens with zero attached hydrogens (tertiary/aromatic N) is 1. The van der Waals surface area contributed by atoms with Crippen LogP contribution in [0.5, 0.6) is 0 Å². The zero-order chi connectivity index (χ0) is 21.5. The maximum atomic E-state index is 14.0. The van der Waals surface area contributed by atoms with Gasteiger partial charge in [0.25, 0.3) is 0 Å². The van der Waals surface area contributed by atoms with Gasteiger partial charge in [-0.25, -0.2) is 18.2 Å². The van der Waals surface area contributed by atoms with Gasteiger partial charge < -0.3 is 10.2 Å². The second-order valence-electron chi connectivity index (χ2n) is 7.58. The number of rotatable bonds is 10. The fourth-order valence-corrected chi connectivity index (χ4v) is 4.06. The van der Waals surface area contributed by atoms with Gasteiger partial charge in [-0.1, -0.05) is 41.5 Å². The average molecular weight is 415 g/mol. The van der Waals surface area contributed by atoms with E-state index in [2.05, 4.69) is 28.8 Å². The molecule has 1 rings (SSSR count). The fourth-order valence-electron chi connectivity index (χ4n) is 3.08. The highest BCUT2D eigenvalue weighted by molar-refractivity contribution is 7.91. The number of anilines is 1. The first kappa shape index (κ1) is 24.4. The molecule has 6 nitrogen and oxygen atoms in total. The van der Waals surface area contributed by atoms with Crippen LogP contribution in [0.15, 0.2) is 12.1 Å². The van der Waals surface area contributed by atoms with Gasteiger partial charge in [0.05, 0.1) is 5.75 Å². The molecule has 0 saturated carbocycles. The highest BCUT2D eigenvalue weighted by Gasteiger charge is 2.19. The van der Waals surface area contributed by atoms with Crippen molar-refractivity contribution in [1.29, 1.82) is 4.78 Å². The third-order valence-electron chi connectivity index (χ3n) is 4.70. The number of nitrogens with one attached hydrogen (secondary N) is 3. The molecule has 28 heavy (non-hydrogen) atoms. The first-order valence-electron chi connectivity index (χ1n) is 9.91. The summed E-state index contributed by atoms with van der Waals surface area (Å²) in [4.78, 5) is 14.6. The van der Waals surface area contributed by atoms with Crippen molar-refractivity contribution in [2.45, 2.75) is 59.8 Å². The lowest BCUT2D eigenvalue weighted by Gasteiger charge is -2.21. The molecular weight excluding hydrogens is 379 g/mol. The lowest BCUT2D eigenvalue weighted by Crippen LogP contribution is -2.36. The second-order valence-corrected chi connectivity index (χ2v) is 9.55. The number of benzene rings is 1. The number of amides is 2. The number of urea groups is 1. The minimum absolute atomic E-state index is 0.00192. The molecule has 3 N–H and O–H groups in total. The van der Waals surface area contributed by atoms with Crippen LogP contribution in [0.1, 0.15) is 70.9 Å². The number of halogens is 1. The maximum Gasteiger partial charge on any atom is 0.331 e. The van der Waals surface area contributed by atoms with Gasteiger partial charge >= 0.3 is 6.03 Å². The van der Waals surface area contributed by atoms with Crippen molar-refractivity contribution in [3.63, 3.8) is 0 Å². The van der Waals surface area contributed by atoms with Crippen molar-refractivity contribution in [2.24, 2.45) is 0 Å². The van der Waals surface area contributed by atoms with Crippen molar-refractivity contribution in [2.75, 3.05) is 30.7 Å². The number of hydrogen-bond acceptors (Lipinski definition) is 4. The van der Waals surface area contributed by atoms with Gasteiger partial charge in [0.1, 0.15) is 15.7 Å². The third kappa shape index (κ3) is 7.39.